The molecular weight excluding hydrogens is 321 g/mol. The van der Waals surface area contributed by atoms with Crippen molar-refractivity contribution >= 4 is 29.1 Å². The molecule has 0 aliphatic rings. The lowest BCUT2D eigenvalue weighted by atomic mass is 10.1. The fraction of sp³-hybridized carbons (Fsp3) is 0.235. The maximum absolute atomic E-state index is 11.8. The average molecular weight is 338 g/mol. The highest BCUT2D eigenvalue weighted by molar-refractivity contribution is 6.30. The van der Waals surface area contributed by atoms with Gasteiger partial charge in [0.05, 0.1) is 13.0 Å². The SMILES string of the molecule is Cc1cc(Cl)ccc1OCCNC(=O)Cc1ccc(Cl)cc1. The van der Waals surface area contributed by atoms with Crippen LogP contribution in [-0.2, 0) is 11.2 Å². The summed E-state index contributed by atoms with van der Waals surface area (Å²) in [5.41, 5.74) is 1.90. The van der Waals surface area contributed by atoms with Crippen molar-refractivity contribution in [2.24, 2.45) is 0 Å². The van der Waals surface area contributed by atoms with Crippen molar-refractivity contribution in [1.29, 1.82) is 0 Å². The van der Waals surface area contributed by atoms with Crippen molar-refractivity contribution in [1.82, 2.24) is 5.32 Å². The van der Waals surface area contributed by atoms with Gasteiger partial charge >= 0.3 is 0 Å². The van der Waals surface area contributed by atoms with E-state index in [0.717, 1.165) is 16.9 Å². The Morgan fingerprint density at radius 1 is 1.09 bits per heavy atom. The van der Waals surface area contributed by atoms with E-state index in [1.54, 1.807) is 18.2 Å². The molecule has 1 amide bonds. The van der Waals surface area contributed by atoms with Crippen LogP contribution in [0.4, 0.5) is 0 Å². The molecule has 0 unspecified atom stereocenters. The number of rotatable bonds is 6. The quantitative estimate of drug-likeness (QED) is 0.808. The van der Waals surface area contributed by atoms with Gasteiger partial charge in [-0.15, -0.1) is 0 Å². The van der Waals surface area contributed by atoms with E-state index in [-0.39, 0.29) is 5.91 Å². The van der Waals surface area contributed by atoms with Gasteiger partial charge in [-0.1, -0.05) is 35.3 Å². The molecule has 2 aromatic rings. The summed E-state index contributed by atoms with van der Waals surface area (Å²) in [4.78, 5) is 11.8. The smallest absolute Gasteiger partial charge is 0.224 e. The lowest BCUT2D eigenvalue weighted by Gasteiger charge is -2.10. The molecule has 2 rings (SSSR count). The van der Waals surface area contributed by atoms with Gasteiger partial charge in [0.2, 0.25) is 5.91 Å². The number of nitrogens with one attached hydrogen (secondary N) is 1. The molecule has 0 fully saturated rings. The molecule has 0 bridgehead atoms. The van der Waals surface area contributed by atoms with Gasteiger partial charge in [-0.25, -0.2) is 0 Å². The molecule has 0 aliphatic carbocycles. The predicted molar refractivity (Wildman–Crippen MR) is 89.8 cm³/mol. The number of hydrogen-bond acceptors (Lipinski definition) is 2. The second-order valence-corrected chi connectivity index (χ2v) is 5.78. The fourth-order valence-corrected chi connectivity index (χ4v) is 2.33. The Hall–Kier alpha value is -1.71. The molecule has 116 valence electrons. The number of ether oxygens (including phenoxy) is 1. The van der Waals surface area contributed by atoms with Crippen LogP contribution in [-0.4, -0.2) is 19.1 Å². The normalized spacial score (nSPS) is 10.3. The summed E-state index contributed by atoms with van der Waals surface area (Å²) in [5.74, 6) is 0.732. The van der Waals surface area contributed by atoms with Gasteiger partial charge in [0.15, 0.2) is 0 Å². The van der Waals surface area contributed by atoms with Crippen LogP contribution >= 0.6 is 23.2 Å². The van der Waals surface area contributed by atoms with Crippen LogP contribution in [0.25, 0.3) is 0 Å². The largest absolute Gasteiger partial charge is 0.491 e. The van der Waals surface area contributed by atoms with E-state index in [0.29, 0.717) is 29.6 Å². The van der Waals surface area contributed by atoms with Gasteiger partial charge in [0, 0.05) is 10.0 Å². The van der Waals surface area contributed by atoms with Gasteiger partial charge in [-0.3, -0.25) is 4.79 Å². The summed E-state index contributed by atoms with van der Waals surface area (Å²) in [6, 6.07) is 12.7. The monoisotopic (exact) mass is 337 g/mol. The number of halogens is 2. The van der Waals surface area contributed by atoms with Crippen LogP contribution in [0.3, 0.4) is 0 Å². The zero-order chi connectivity index (χ0) is 15.9. The first-order valence-corrected chi connectivity index (χ1v) is 7.70. The summed E-state index contributed by atoms with van der Waals surface area (Å²) < 4.78 is 5.62. The highest BCUT2D eigenvalue weighted by Crippen LogP contribution is 2.21. The van der Waals surface area contributed by atoms with Crippen LogP contribution in [0.5, 0.6) is 5.75 Å². The van der Waals surface area contributed by atoms with Gasteiger partial charge in [-0.05, 0) is 48.4 Å². The second-order valence-electron chi connectivity index (χ2n) is 4.91. The number of benzene rings is 2. The molecule has 22 heavy (non-hydrogen) atoms. The van der Waals surface area contributed by atoms with Crippen molar-refractivity contribution in [3.8, 4) is 5.75 Å². The molecule has 0 heterocycles. The number of hydrogen-bond donors (Lipinski definition) is 1. The Morgan fingerprint density at radius 2 is 1.77 bits per heavy atom. The Morgan fingerprint density at radius 3 is 2.45 bits per heavy atom. The highest BCUT2D eigenvalue weighted by atomic mass is 35.5. The zero-order valence-corrected chi connectivity index (χ0v) is 13.7. The highest BCUT2D eigenvalue weighted by Gasteiger charge is 2.04. The fourth-order valence-electron chi connectivity index (χ4n) is 1.98. The Kier molecular flexibility index (Phi) is 6.10. The van der Waals surface area contributed by atoms with Crippen LogP contribution in [0.1, 0.15) is 11.1 Å². The van der Waals surface area contributed by atoms with Crippen LogP contribution < -0.4 is 10.1 Å². The molecular formula is C17H17Cl2NO2. The third kappa shape index (κ3) is 5.24. The van der Waals surface area contributed by atoms with E-state index in [4.69, 9.17) is 27.9 Å². The lowest BCUT2D eigenvalue weighted by molar-refractivity contribution is -0.120. The van der Waals surface area contributed by atoms with E-state index in [1.165, 1.54) is 0 Å². The minimum atomic E-state index is -0.0428. The Labute approximate surface area is 140 Å². The number of carbonyl (C=O) groups is 1. The zero-order valence-electron chi connectivity index (χ0n) is 12.2. The van der Waals surface area contributed by atoms with Crippen molar-refractivity contribution in [2.75, 3.05) is 13.2 Å². The Balaban J connectivity index is 1.72. The summed E-state index contributed by atoms with van der Waals surface area (Å²) in [6.45, 7) is 2.80. The van der Waals surface area contributed by atoms with Crippen molar-refractivity contribution in [3.05, 3.63) is 63.6 Å². The standard InChI is InChI=1S/C17H17Cl2NO2/c1-12-10-15(19)6-7-16(12)22-9-8-20-17(21)11-13-2-4-14(18)5-3-13/h2-7,10H,8-9,11H2,1H3,(H,20,21). The van der Waals surface area contributed by atoms with Crippen LogP contribution in [0.2, 0.25) is 10.0 Å². The maximum Gasteiger partial charge on any atom is 0.224 e. The molecule has 5 heteroatoms. The summed E-state index contributed by atoms with van der Waals surface area (Å²) in [6.07, 6.45) is 0.330. The van der Waals surface area contributed by atoms with Gasteiger partial charge < -0.3 is 10.1 Å². The summed E-state index contributed by atoms with van der Waals surface area (Å²) in [7, 11) is 0. The van der Waals surface area contributed by atoms with Crippen molar-refractivity contribution < 1.29 is 9.53 Å². The number of amides is 1. The minimum absolute atomic E-state index is 0.0428. The number of aryl methyl sites for hydroxylation is 1. The molecule has 0 saturated heterocycles. The summed E-state index contributed by atoms with van der Waals surface area (Å²) in [5, 5.41) is 4.17. The molecule has 2 aromatic carbocycles. The lowest BCUT2D eigenvalue weighted by Crippen LogP contribution is -2.29. The van der Waals surface area contributed by atoms with Crippen molar-refractivity contribution in [3.63, 3.8) is 0 Å². The first-order valence-electron chi connectivity index (χ1n) is 6.94. The molecule has 0 spiro atoms. The molecule has 0 aromatic heterocycles. The summed E-state index contributed by atoms with van der Waals surface area (Å²) >= 11 is 11.7. The predicted octanol–water partition coefficient (Wildman–Crippen LogP) is 4.04. The third-order valence-electron chi connectivity index (χ3n) is 3.10. The van der Waals surface area contributed by atoms with Gasteiger partial charge in [-0.2, -0.15) is 0 Å². The van der Waals surface area contributed by atoms with Gasteiger partial charge in [0.1, 0.15) is 12.4 Å². The number of carbonyl (C=O) groups excluding carboxylic acids is 1. The molecule has 1 N–H and O–H groups in total. The molecule has 3 nitrogen and oxygen atoms in total. The third-order valence-corrected chi connectivity index (χ3v) is 3.58. The minimum Gasteiger partial charge on any atom is -0.491 e. The first-order chi connectivity index (χ1) is 10.5. The Bertz CT molecular complexity index is 642. The van der Waals surface area contributed by atoms with E-state index in [2.05, 4.69) is 5.32 Å². The second kappa shape index (κ2) is 8.06. The molecule has 0 aliphatic heterocycles. The van der Waals surface area contributed by atoms with E-state index >= 15 is 0 Å². The first kappa shape index (κ1) is 16.7. The van der Waals surface area contributed by atoms with E-state index in [1.807, 2.05) is 31.2 Å². The molecule has 0 saturated carbocycles. The average Bonchev–Trinajstić information content (AvgIpc) is 2.48. The van der Waals surface area contributed by atoms with E-state index in [9.17, 15) is 4.79 Å². The maximum atomic E-state index is 11.8. The topological polar surface area (TPSA) is 38.3 Å². The van der Waals surface area contributed by atoms with Crippen LogP contribution in [0, 0.1) is 6.92 Å². The van der Waals surface area contributed by atoms with Gasteiger partial charge in [0.25, 0.3) is 0 Å². The van der Waals surface area contributed by atoms with E-state index < -0.39 is 0 Å². The molecule has 0 radical (unpaired) electrons. The molecule has 0 atom stereocenters. The van der Waals surface area contributed by atoms with Crippen molar-refractivity contribution in [2.45, 2.75) is 13.3 Å². The van der Waals surface area contributed by atoms with Crippen LogP contribution in [0.15, 0.2) is 42.5 Å².